The highest BCUT2D eigenvalue weighted by molar-refractivity contribution is 8.00. The molecule has 2 aliphatic heterocycles. The number of carbonyl (C=O) groups excluding carboxylic acids is 3. The van der Waals surface area contributed by atoms with Gasteiger partial charge in [-0.05, 0) is 6.07 Å². The van der Waals surface area contributed by atoms with Gasteiger partial charge in [-0.3, -0.25) is 14.5 Å². The predicted molar refractivity (Wildman–Crippen MR) is 136 cm³/mol. The molecule has 5 heterocycles. The number of anilines is 1. The van der Waals surface area contributed by atoms with Crippen LogP contribution < -0.4 is 26.5 Å². The summed E-state index contributed by atoms with van der Waals surface area (Å²) in [6.45, 7) is 0.000835. The number of fused-ring (bicyclic) bond motifs is 2. The number of carbonyl (C=O) groups is 3. The Bertz CT molecular complexity index is 1520. The number of carboxylic acids is 1. The van der Waals surface area contributed by atoms with Crippen molar-refractivity contribution in [3.05, 3.63) is 47.7 Å². The second-order valence-electron chi connectivity index (χ2n) is 8.44. The second kappa shape index (κ2) is 11.0. The number of nitrogens with zero attached hydrogens (tertiary/aromatic N) is 6. The van der Waals surface area contributed by atoms with Crippen LogP contribution in [0.2, 0.25) is 0 Å². The van der Waals surface area contributed by atoms with E-state index < -0.39 is 41.8 Å². The molecule has 204 valence electrons. The number of thioether (sulfide) groups is 1. The molecule has 0 radical (unpaired) electrons. The lowest BCUT2D eigenvalue weighted by Crippen LogP contribution is -2.71. The van der Waals surface area contributed by atoms with Crippen LogP contribution in [-0.2, 0) is 32.3 Å². The first kappa shape index (κ1) is 26.5. The van der Waals surface area contributed by atoms with E-state index in [-0.39, 0.29) is 29.0 Å². The number of alkyl halides is 1. The van der Waals surface area contributed by atoms with Gasteiger partial charge >= 0.3 is 0 Å². The number of β-lactam (4-membered cyclic amide) rings is 1. The molecule has 1 fully saturated rings. The lowest BCUT2D eigenvalue weighted by Gasteiger charge is -2.50. The number of hydrogen-bond donors (Lipinski definition) is 3. The van der Waals surface area contributed by atoms with Gasteiger partial charge in [-0.1, -0.05) is 5.16 Å². The molecule has 2 unspecified atom stereocenters. The molecule has 0 aromatic carbocycles. The van der Waals surface area contributed by atoms with Gasteiger partial charge in [-0.25, -0.2) is 4.39 Å². The fourth-order valence-corrected chi connectivity index (χ4v) is 6.27. The highest BCUT2D eigenvalue weighted by atomic mass is 32.2. The van der Waals surface area contributed by atoms with Crippen LogP contribution in [0.4, 0.5) is 9.52 Å². The van der Waals surface area contributed by atoms with E-state index in [2.05, 4.69) is 24.7 Å². The van der Waals surface area contributed by atoms with Crippen LogP contribution in [0.5, 0.6) is 0 Å². The van der Waals surface area contributed by atoms with Crippen LogP contribution in [-0.4, -0.2) is 72.9 Å². The zero-order valence-electron chi connectivity index (χ0n) is 20.2. The highest BCUT2D eigenvalue weighted by Crippen LogP contribution is 2.40. The van der Waals surface area contributed by atoms with Gasteiger partial charge in [-0.15, -0.1) is 11.8 Å². The minimum Gasteiger partial charge on any atom is -0.543 e. The van der Waals surface area contributed by atoms with E-state index >= 15 is 0 Å². The smallest absolute Gasteiger partial charge is 0.278 e. The van der Waals surface area contributed by atoms with Crippen LogP contribution in [0.15, 0.2) is 47.0 Å². The number of nitrogen functional groups attached to an aromatic ring is 1. The highest BCUT2D eigenvalue weighted by Gasteiger charge is 2.53. The van der Waals surface area contributed by atoms with Crippen molar-refractivity contribution in [1.82, 2.24) is 24.1 Å². The fourth-order valence-electron chi connectivity index (χ4n) is 4.50. The molecule has 3 aromatic rings. The topological polar surface area (TPSA) is 198 Å². The third kappa shape index (κ3) is 4.90. The predicted octanol–water partition coefficient (Wildman–Crippen LogP) is -1.93. The van der Waals surface area contributed by atoms with Gasteiger partial charge in [0.05, 0.1) is 11.7 Å². The third-order valence-electron chi connectivity index (χ3n) is 6.15. The molecule has 0 bridgehead atoms. The van der Waals surface area contributed by atoms with Gasteiger partial charge in [0.1, 0.15) is 16.9 Å². The molecule has 2 atom stereocenters. The number of carboxylic acid groups (broad SMARTS) is 1. The van der Waals surface area contributed by atoms with E-state index in [0.29, 0.717) is 18.7 Å². The van der Waals surface area contributed by atoms with Crippen LogP contribution in [0, 0.1) is 0 Å². The largest absolute Gasteiger partial charge is 0.543 e. The molecule has 17 heteroatoms. The molecule has 2 aliphatic rings. The monoisotopic (exact) mass is 575 g/mol. The van der Waals surface area contributed by atoms with Gasteiger partial charge in [0.15, 0.2) is 17.9 Å². The number of rotatable bonds is 10. The molecule has 5 N–H and O–H groups in total. The Morgan fingerprint density at radius 2 is 2.21 bits per heavy atom. The number of nitrogens with two attached hydrogens (primary N) is 2. The maximum atomic E-state index is 13.1. The minimum absolute atomic E-state index is 0.0419. The first-order valence-electron chi connectivity index (χ1n) is 11.6. The van der Waals surface area contributed by atoms with Crippen molar-refractivity contribution in [1.29, 1.82) is 0 Å². The number of aliphatic carboxylic acids is 1. The summed E-state index contributed by atoms with van der Waals surface area (Å²) in [7, 11) is 0. The average Bonchev–Trinajstić information content (AvgIpc) is 3.54. The molecule has 0 aliphatic carbocycles. The van der Waals surface area contributed by atoms with Crippen LogP contribution in [0.3, 0.4) is 0 Å². The van der Waals surface area contributed by atoms with Crippen molar-refractivity contribution in [3.8, 4) is 0 Å². The maximum absolute atomic E-state index is 13.1. The van der Waals surface area contributed by atoms with Crippen LogP contribution in [0.1, 0.15) is 5.82 Å². The first-order valence-corrected chi connectivity index (χ1v) is 13.4. The second-order valence-corrected chi connectivity index (χ2v) is 10.3. The molecule has 14 nitrogen and oxygen atoms in total. The number of halogens is 1. The molecular weight excluding hydrogens is 553 g/mol. The summed E-state index contributed by atoms with van der Waals surface area (Å²) in [5, 5.41) is 17.4. The Labute approximate surface area is 228 Å². The number of pyridine rings is 1. The molecule has 39 heavy (non-hydrogen) atoms. The van der Waals surface area contributed by atoms with Crippen molar-refractivity contribution >= 4 is 63.0 Å². The fraction of sp³-hybridized carbons (Fsp3) is 0.318. The Morgan fingerprint density at radius 3 is 2.90 bits per heavy atom. The van der Waals surface area contributed by atoms with Gasteiger partial charge in [0, 0.05) is 54.3 Å². The van der Waals surface area contributed by atoms with Crippen LogP contribution in [0.25, 0.3) is 11.0 Å². The summed E-state index contributed by atoms with van der Waals surface area (Å²) < 4.78 is 20.3. The number of hydrogen-bond acceptors (Lipinski definition) is 12. The zero-order valence-corrected chi connectivity index (χ0v) is 21.8. The summed E-state index contributed by atoms with van der Waals surface area (Å²) in [6.07, 6.45) is 3.73. The van der Waals surface area contributed by atoms with Crippen molar-refractivity contribution in [2.75, 3.05) is 24.9 Å². The van der Waals surface area contributed by atoms with E-state index in [1.807, 2.05) is 39.7 Å². The van der Waals surface area contributed by atoms with Gasteiger partial charge < -0.3 is 36.1 Å². The van der Waals surface area contributed by atoms with E-state index in [4.69, 9.17) is 11.5 Å². The number of nitrogens with one attached hydrogen (secondary N) is 1. The Kier molecular flexibility index (Phi) is 7.45. The summed E-state index contributed by atoms with van der Waals surface area (Å²) in [5.41, 5.74) is 12.8. The zero-order chi connectivity index (χ0) is 27.7. The third-order valence-corrected chi connectivity index (χ3v) is 8.03. The molecule has 0 spiro atoms. The maximum Gasteiger partial charge on any atom is 0.278 e. The van der Waals surface area contributed by atoms with Crippen molar-refractivity contribution in [2.24, 2.45) is 10.9 Å². The van der Waals surface area contributed by atoms with Gasteiger partial charge in [0.25, 0.3) is 18.7 Å². The summed E-state index contributed by atoms with van der Waals surface area (Å²) in [4.78, 5) is 47.5. The van der Waals surface area contributed by atoms with Crippen molar-refractivity contribution < 1.29 is 33.3 Å². The van der Waals surface area contributed by atoms with E-state index in [9.17, 15) is 23.9 Å². The molecule has 1 saturated heterocycles. The van der Waals surface area contributed by atoms with Crippen molar-refractivity contribution in [3.63, 3.8) is 0 Å². The Balaban J connectivity index is 1.37. The number of amides is 2. The molecule has 0 saturated carbocycles. The lowest BCUT2D eigenvalue weighted by molar-refractivity contribution is -0.663. The summed E-state index contributed by atoms with van der Waals surface area (Å²) >= 11 is 2.08. The summed E-state index contributed by atoms with van der Waals surface area (Å²) in [6, 6.07) is 4.63. The standard InChI is InChI=1S/C22H22FN9O5S2/c23-10-37-28-14(17-27-22(25)39-29-17)18(33)26-15-19(34)32-16(21(35)36)11(9-38-20(15)32)8-31-5-1-2-12-13(31)3-6-30(12)7-4-24/h1-3,5-6,15,20H,4,7-10,24H2,(H3-,25,26,27,29,33,35,36)/b28-14-. The minimum atomic E-state index is -1.50. The average molecular weight is 576 g/mol. The van der Waals surface area contributed by atoms with Gasteiger partial charge in [-0.2, -0.15) is 13.9 Å². The van der Waals surface area contributed by atoms with E-state index in [1.54, 1.807) is 0 Å². The van der Waals surface area contributed by atoms with E-state index in [1.165, 1.54) is 11.8 Å². The SMILES string of the molecule is NCCn1ccc2c1ccc[n+]2CC1=C(C(=O)[O-])N2C(=O)C(NC(=O)/C(=N\OCF)c3nsc(N)n3)C2SC1. The van der Waals surface area contributed by atoms with E-state index in [0.717, 1.165) is 27.5 Å². The normalized spacial score (nSPS) is 19.2. The first-order chi connectivity index (χ1) is 18.8. The Morgan fingerprint density at radius 1 is 1.38 bits per heavy atom. The molecule has 2 amide bonds. The molecule has 5 rings (SSSR count). The van der Waals surface area contributed by atoms with Gasteiger partial charge in [0.2, 0.25) is 17.1 Å². The number of oxime groups is 1. The Hall–Kier alpha value is -4.09. The van der Waals surface area contributed by atoms with Crippen molar-refractivity contribution in [2.45, 2.75) is 24.5 Å². The summed E-state index contributed by atoms with van der Waals surface area (Å²) in [5.74, 6) is -2.98. The quantitative estimate of drug-likeness (QED) is 0.106. The number of aromatic nitrogens is 4. The van der Waals surface area contributed by atoms with Crippen LogP contribution >= 0.6 is 23.3 Å². The lowest BCUT2D eigenvalue weighted by atomic mass is 10.0. The molecular formula is C22H22FN9O5S2. The molecule has 3 aromatic heterocycles.